The zero-order chi connectivity index (χ0) is 17.9. The molecule has 1 aliphatic rings. The number of benzene rings is 1. The minimum atomic E-state index is -0.112. The van der Waals surface area contributed by atoms with E-state index in [4.69, 9.17) is 4.74 Å². The summed E-state index contributed by atoms with van der Waals surface area (Å²) in [6, 6.07) is 13.6. The van der Waals surface area contributed by atoms with E-state index in [1.165, 1.54) is 0 Å². The third kappa shape index (κ3) is 3.36. The molecule has 1 saturated heterocycles. The number of nitrogens with zero attached hydrogens (tertiary/aromatic N) is 4. The van der Waals surface area contributed by atoms with Crippen molar-refractivity contribution in [3.8, 4) is 5.82 Å². The van der Waals surface area contributed by atoms with Crippen LogP contribution in [0, 0.1) is 0 Å². The largest absolute Gasteiger partial charge is 0.367 e. The van der Waals surface area contributed by atoms with E-state index >= 15 is 0 Å². The van der Waals surface area contributed by atoms with E-state index in [0.717, 1.165) is 5.56 Å². The molecule has 0 saturated carbocycles. The number of hydrogen-bond donors (Lipinski definition) is 0. The van der Waals surface area contributed by atoms with Gasteiger partial charge in [-0.3, -0.25) is 9.36 Å². The fraction of sp³-hybridized carbons (Fsp3) is 0.250. The first kappa shape index (κ1) is 16.5. The van der Waals surface area contributed by atoms with Crippen LogP contribution in [0.15, 0.2) is 67.4 Å². The molecule has 2 atom stereocenters. The number of hydrogen-bond acceptors (Lipinski definition) is 4. The van der Waals surface area contributed by atoms with Gasteiger partial charge in [-0.1, -0.05) is 30.3 Å². The van der Waals surface area contributed by atoms with Crippen LogP contribution in [0.2, 0.25) is 0 Å². The van der Waals surface area contributed by atoms with Gasteiger partial charge in [-0.15, -0.1) is 0 Å². The Hall–Kier alpha value is -2.99. The van der Waals surface area contributed by atoms with E-state index in [-0.39, 0.29) is 18.1 Å². The van der Waals surface area contributed by atoms with Gasteiger partial charge >= 0.3 is 0 Å². The first-order chi connectivity index (χ1) is 12.7. The van der Waals surface area contributed by atoms with E-state index < -0.39 is 0 Å². The second kappa shape index (κ2) is 7.09. The Morgan fingerprint density at radius 1 is 1.15 bits per heavy atom. The second-order valence-electron chi connectivity index (χ2n) is 6.43. The quantitative estimate of drug-likeness (QED) is 0.730. The van der Waals surface area contributed by atoms with Gasteiger partial charge in [-0.05, 0) is 24.6 Å². The summed E-state index contributed by atoms with van der Waals surface area (Å²) in [7, 11) is 0. The van der Waals surface area contributed by atoms with Crippen LogP contribution in [0.4, 0.5) is 0 Å². The molecule has 6 heteroatoms. The SMILES string of the molecule is C[C@H]1CN(C(=O)c2ccnc(-n3ccnc3)c2)C[C@H](c2ccccc2)O1. The standard InChI is InChI=1S/C20H20N4O2/c1-15-12-24(13-18(26-15)16-5-3-2-4-6-16)20(25)17-7-8-22-19(11-17)23-10-9-21-14-23/h2-11,14-15,18H,12-13H2,1H3/t15-,18+/m0/s1. The molecule has 1 aliphatic heterocycles. The molecular formula is C20H20N4O2. The van der Waals surface area contributed by atoms with Crippen LogP contribution in [0.5, 0.6) is 0 Å². The van der Waals surface area contributed by atoms with Gasteiger partial charge in [0.2, 0.25) is 0 Å². The highest BCUT2D eigenvalue weighted by Gasteiger charge is 2.30. The summed E-state index contributed by atoms with van der Waals surface area (Å²) in [5.41, 5.74) is 1.70. The van der Waals surface area contributed by atoms with Gasteiger partial charge < -0.3 is 9.64 Å². The molecule has 3 heterocycles. The van der Waals surface area contributed by atoms with Crippen molar-refractivity contribution in [2.45, 2.75) is 19.1 Å². The van der Waals surface area contributed by atoms with Crippen LogP contribution in [-0.4, -0.2) is 44.5 Å². The van der Waals surface area contributed by atoms with Crippen LogP contribution in [0.3, 0.4) is 0 Å². The van der Waals surface area contributed by atoms with Crippen molar-refractivity contribution in [3.63, 3.8) is 0 Å². The number of ether oxygens (including phenoxy) is 1. The molecule has 0 bridgehead atoms. The molecule has 132 valence electrons. The normalized spacial score (nSPS) is 20.1. The van der Waals surface area contributed by atoms with Gasteiger partial charge in [0.1, 0.15) is 18.2 Å². The van der Waals surface area contributed by atoms with Gasteiger partial charge in [0.25, 0.3) is 5.91 Å². The smallest absolute Gasteiger partial charge is 0.254 e. The van der Waals surface area contributed by atoms with Gasteiger partial charge in [-0.2, -0.15) is 0 Å². The number of amides is 1. The van der Waals surface area contributed by atoms with Crippen LogP contribution >= 0.6 is 0 Å². The molecule has 26 heavy (non-hydrogen) atoms. The molecule has 1 amide bonds. The van der Waals surface area contributed by atoms with Crippen LogP contribution < -0.4 is 0 Å². The number of carbonyl (C=O) groups is 1. The Morgan fingerprint density at radius 3 is 2.77 bits per heavy atom. The summed E-state index contributed by atoms with van der Waals surface area (Å²) in [4.78, 5) is 23.3. The van der Waals surface area contributed by atoms with Crippen LogP contribution in [0.25, 0.3) is 5.82 Å². The fourth-order valence-electron chi connectivity index (χ4n) is 3.24. The second-order valence-corrected chi connectivity index (χ2v) is 6.43. The maximum Gasteiger partial charge on any atom is 0.254 e. The van der Waals surface area contributed by atoms with Crippen molar-refractivity contribution in [2.24, 2.45) is 0 Å². The first-order valence-electron chi connectivity index (χ1n) is 8.65. The number of carbonyl (C=O) groups excluding carboxylic acids is 1. The highest BCUT2D eigenvalue weighted by atomic mass is 16.5. The van der Waals surface area contributed by atoms with E-state index in [1.807, 2.05) is 42.2 Å². The number of aromatic nitrogens is 3. The molecule has 0 unspecified atom stereocenters. The molecule has 0 N–H and O–H groups in total. The molecule has 4 rings (SSSR count). The average molecular weight is 348 g/mol. The zero-order valence-electron chi connectivity index (χ0n) is 14.5. The van der Waals surface area contributed by atoms with Gasteiger partial charge in [0.15, 0.2) is 0 Å². The predicted octanol–water partition coefficient (Wildman–Crippen LogP) is 2.87. The molecule has 3 aromatic rings. The molecule has 6 nitrogen and oxygen atoms in total. The number of pyridine rings is 1. The summed E-state index contributed by atoms with van der Waals surface area (Å²) in [5.74, 6) is 0.666. The van der Waals surface area contributed by atoms with Crippen molar-refractivity contribution in [1.29, 1.82) is 0 Å². The summed E-state index contributed by atoms with van der Waals surface area (Å²) in [6.07, 6.45) is 6.68. The van der Waals surface area contributed by atoms with Gasteiger partial charge in [-0.25, -0.2) is 9.97 Å². The molecular weight excluding hydrogens is 328 g/mol. The van der Waals surface area contributed by atoms with E-state index in [1.54, 1.807) is 41.6 Å². The Morgan fingerprint density at radius 2 is 2.00 bits per heavy atom. The van der Waals surface area contributed by atoms with E-state index in [0.29, 0.717) is 24.5 Å². The van der Waals surface area contributed by atoms with Crippen LogP contribution in [-0.2, 0) is 4.74 Å². The lowest BCUT2D eigenvalue weighted by atomic mass is 10.1. The fourth-order valence-corrected chi connectivity index (χ4v) is 3.24. The first-order valence-corrected chi connectivity index (χ1v) is 8.65. The Kier molecular flexibility index (Phi) is 4.50. The lowest BCUT2D eigenvalue weighted by Gasteiger charge is -2.37. The molecule has 1 aromatic carbocycles. The Bertz CT molecular complexity index is 880. The maximum atomic E-state index is 13.1. The highest BCUT2D eigenvalue weighted by molar-refractivity contribution is 5.94. The van der Waals surface area contributed by atoms with Crippen LogP contribution in [0.1, 0.15) is 28.9 Å². The van der Waals surface area contributed by atoms with E-state index in [9.17, 15) is 4.79 Å². The number of imidazole rings is 1. The molecule has 0 aliphatic carbocycles. The van der Waals surface area contributed by atoms with E-state index in [2.05, 4.69) is 9.97 Å². The molecule has 1 fully saturated rings. The summed E-state index contributed by atoms with van der Waals surface area (Å²) in [5, 5.41) is 0. The lowest BCUT2D eigenvalue weighted by molar-refractivity contribution is -0.0691. The monoisotopic (exact) mass is 348 g/mol. The maximum absolute atomic E-state index is 13.1. The number of rotatable bonds is 3. The van der Waals surface area contributed by atoms with Crippen molar-refractivity contribution >= 4 is 5.91 Å². The Labute approximate surface area is 152 Å². The third-order valence-electron chi connectivity index (χ3n) is 4.48. The van der Waals surface area contributed by atoms with Gasteiger partial charge in [0.05, 0.1) is 12.6 Å². The molecule has 0 radical (unpaired) electrons. The van der Waals surface area contributed by atoms with Crippen molar-refractivity contribution < 1.29 is 9.53 Å². The lowest BCUT2D eigenvalue weighted by Crippen LogP contribution is -2.46. The minimum Gasteiger partial charge on any atom is -0.367 e. The van der Waals surface area contributed by atoms with Crippen molar-refractivity contribution in [1.82, 2.24) is 19.4 Å². The van der Waals surface area contributed by atoms with Crippen molar-refractivity contribution in [2.75, 3.05) is 13.1 Å². The number of morpholine rings is 1. The van der Waals surface area contributed by atoms with Gasteiger partial charge in [0, 0.05) is 30.7 Å². The third-order valence-corrected chi connectivity index (χ3v) is 4.48. The topological polar surface area (TPSA) is 60.2 Å². The molecule has 2 aromatic heterocycles. The predicted molar refractivity (Wildman–Crippen MR) is 97.0 cm³/mol. The Balaban J connectivity index is 1.57. The highest BCUT2D eigenvalue weighted by Crippen LogP contribution is 2.26. The summed E-state index contributed by atoms with van der Waals surface area (Å²) >= 11 is 0. The van der Waals surface area contributed by atoms with Crippen molar-refractivity contribution in [3.05, 3.63) is 78.5 Å². The summed E-state index contributed by atoms with van der Waals surface area (Å²) < 4.78 is 7.84. The average Bonchev–Trinajstić information content (AvgIpc) is 3.23. The minimum absolute atomic E-state index is 0.00940. The molecule has 0 spiro atoms. The summed E-state index contributed by atoms with van der Waals surface area (Å²) in [6.45, 7) is 3.11. The zero-order valence-corrected chi connectivity index (χ0v) is 14.5.